The summed E-state index contributed by atoms with van der Waals surface area (Å²) >= 11 is 3.10. The number of carbonyl (C=O) groups excluding carboxylic acids is 1. The van der Waals surface area contributed by atoms with Crippen molar-refractivity contribution < 1.29 is 13.9 Å². The van der Waals surface area contributed by atoms with Crippen molar-refractivity contribution in [3.05, 3.63) is 34.1 Å². The molecule has 0 aliphatic heterocycles. The second-order valence-electron chi connectivity index (χ2n) is 5.02. The van der Waals surface area contributed by atoms with Crippen molar-refractivity contribution in [2.24, 2.45) is 0 Å². The van der Waals surface area contributed by atoms with E-state index >= 15 is 0 Å². The second kappa shape index (κ2) is 5.80. The van der Waals surface area contributed by atoms with Crippen LogP contribution in [0.25, 0.3) is 0 Å². The van der Waals surface area contributed by atoms with Crippen molar-refractivity contribution in [3.63, 3.8) is 0 Å². The van der Waals surface area contributed by atoms with Gasteiger partial charge in [-0.3, -0.25) is 10.5 Å². The van der Waals surface area contributed by atoms with E-state index in [1.54, 1.807) is 12.1 Å². The van der Waals surface area contributed by atoms with E-state index in [0.717, 1.165) is 0 Å². The smallest absolute Gasteiger partial charge is 0.241 e. The highest BCUT2D eigenvalue weighted by Crippen LogP contribution is 2.29. The molecule has 0 fully saturated rings. The summed E-state index contributed by atoms with van der Waals surface area (Å²) in [5.74, 6) is -1.07. The van der Waals surface area contributed by atoms with Gasteiger partial charge in [-0.15, -0.1) is 0 Å². The number of amides is 1. The number of benzene rings is 1. The number of ether oxygens (including phenoxy) is 1. The Balaban J connectivity index is 3.01. The highest BCUT2D eigenvalue weighted by atomic mass is 79.9. The van der Waals surface area contributed by atoms with Crippen molar-refractivity contribution in [1.29, 1.82) is 0 Å². The van der Waals surface area contributed by atoms with E-state index in [1.165, 1.54) is 6.07 Å². The first-order valence-electron chi connectivity index (χ1n) is 5.56. The third-order valence-corrected chi connectivity index (χ3v) is 2.79. The summed E-state index contributed by atoms with van der Waals surface area (Å²) in [6.07, 6.45) is -0.582. The summed E-state index contributed by atoms with van der Waals surface area (Å²) in [5.41, 5.74) is 7.29. The molecule has 0 aliphatic carbocycles. The summed E-state index contributed by atoms with van der Waals surface area (Å²) in [6, 6.07) is 4.46. The molecular formula is C13H16BrFNO2. The fourth-order valence-corrected chi connectivity index (χ4v) is 1.93. The van der Waals surface area contributed by atoms with Crippen LogP contribution in [0.1, 0.15) is 38.9 Å². The predicted octanol–water partition coefficient (Wildman–Crippen LogP) is 3.64. The first-order valence-corrected chi connectivity index (χ1v) is 6.35. The summed E-state index contributed by atoms with van der Waals surface area (Å²) < 4.78 is 19.2. The lowest BCUT2D eigenvalue weighted by Crippen LogP contribution is -2.24. The fraction of sp³-hybridized carbons (Fsp3) is 0.462. The van der Waals surface area contributed by atoms with Crippen molar-refractivity contribution in [2.75, 3.05) is 0 Å². The molecule has 1 N–H and O–H groups in total. The monoisotopic (exact) mass is 316 g/mol. The van der Waals surface area contributed by atoms with Crippen molar-refractivity contribution in [1.82, 2.24) is 5.73 Å². The molecule has 5 heteroatoms. The molecule has 0 spiro atoms. The van der Waals surface area contributed by atoms with Gasteiger partial charge in [0.05, 0.1) is 22.6 Å². The largest absolute Gasteiger partial charge is 0.367 e. The van der Waals surface area contributed by atoms with Gasteiger partial charge in [0.2, 0.25) is 5.91 Å². The Hall–Kier alpha value is -0.940. The van der Waals surface area contributed by atoms with Crippen LogP contribution in [0.4, 0.5) is 4.39 Å². The van der Waals surface area contributed by atoms with Gasteiger partial charge in [-0.25, -0.2) is 4.39 Å². The Morgan fingerprint density at radius 3 is 2.56 bits per heavy atom. The van der Waals surface area contributed by atoms with Gasteiger partial charge < -0.3 is 4.74 Å². The topological polar surface area (TPSA) is 50.1 Å². The average molecular weight is 317 g/mol. The van der Waals surface area contributed by atoms with Crippen LogP contribution in [0.2, 0.25) is 0 Å². The van der Waals surface area contributed by atoms with E-state index in [2.05, 4.69) is 15.9 Å². The molecule has 0 aliphatic rings. The molecule has 1 aromatic carbocycles. The SMILES string of the molecule is CC(C)(C)OC(CC([NH])=O)c1ccc(F)c(Br)c1. The zero-order valence-electron chi connectivity index (χ0n) is 10.6. The summed E-state index contributed by atoms with van der Waals surface area (Å²) in [4.78, 5) is 11.0. The van der Waals surface area contributed by atoms with Crippen LogP contribution in [-0.2, 0) is 9.53 Å². The van der Waals surface area contributed by atoms with E-state index in [0.29, 0.717) is 10.0 Å². The van der Waals surface area contributed by atoms with E-state index in [4.69, 9.17) is 10.5 Å². The first-order chi connectivity index (χ1) is 8.19. The number of nitrogens with one attached hydrogen (secondary N) is 1. The second-order valence-corrected chi connectivity index (χ2v) is 5.87. The zero-order chi connectivity index (χ0) is 13.9. The standard InChI is InChI=1S/C13H16BrFNO2/c1-13(2,3)18-11(7-12(16)17)8-4-5-10(15)9(14)6-8/h4-6,11,16H,7H2,1-3H3. The normalized spacial score (nSPS) is 13.4. The molecule has 0 bridgehead atoms. The Bertz CT molecular complexity index is 443. The van der Waals surface area contributed by atoms with Crippen LogP contribution in [0.3, 0.4) is 0 Å². The number of hydrogen-bond donors (Lipinski definition) is 0. The highest BCUT2D eigenvalue weighted by molar-refractivity contribution is 9.10. The number of hydrogen-bond acceptors (Lipinski definition) is 2. The Labute approximate surface area is 115 Å². The summed E-state index contributed by atoms with van der Waals surface area (Å²) in [6.45, 7) is 5.60. The molecular weight excluding hydrogens is 301 g/mol. The third-order valence-electron chi connectivity index (χ3n) is 2.18. The average Bonchev–Trinajstić information content (AvgIpc) is 2.18. The van der Waals surface area contributed by atoms with Gasteiger partial charge in [-0.05, 0) is 54.4 Å². The van der Waals surface area contributed by atoms with E-state index < -0.39 is 17.6 Å². The van der Waals surface area contributed by atoms with Gasteiger partial charge in [0.15, 0.2) is 0 Å². The maximum absolute atomic E-state index is 13.2. The zero-order valence-corrected chi connectivity index (χ0v) is 12.2. The molecule has 1 rings (SSSR count). The van der Waals surface area contributed by atoms with Crippen LogP contribution in [0, 0.1) is 5.82 Å². The van der Waals surface area contributed by atoms with Gasteiger partial charge in [-0.1, -0.05) is 6.07 Å². The summed E-state index contributed by atoms with van der Waals surface area (Å²) in [5, 5.41) is 0. The van der Waals surface area contributed by atoms with Gasteiger partial charge in [0, 0.05) is 0 Å². The van der Waals surface area contributed by atoms with E-state index in [-0.39, 0.29) is 12.2 Å². The molecule has 1 aromatic rings. The number of rotatable bonds is 4. The molecule has 0 aromatic heterocycles. The fourth-order valence-electron chi connectivity index (χ4n) is 1.54. The molecule has 1 atom stereocenters. The summed E-state index contributed by atoms with van der Waals surface area (Å²) in [7, 11) is 0. The predicted molar refractivity (Wildman–Crippen MR) is 70.4 cm³/mol. The van der Waals surface area contributed by atoms with Gasteiger partial charge >= 0.3 is 0 Å². The quantitative estimate of drug-likeness (QED) is 0.851. The molecule has 1 unspecified atom stereocenters. The molecule has 18 heavy (non-hydrogen) atoms. The van der Waals surface area contributed by atoms with Crippen LogP contribution < -0.4 is 5.73 Å². The van der Waals surface area contributed by atoms with Crippen molar-refractivity contribution >= 4 is 21.8 Å². The minimum atomic E-state index is -0.704. The lowest BCUT2D eigenvalue weighted by molar-refractivity contribution is -0.125. The lowest BCUT2D eigenvalue weighted by atomic mass is 10.0. The van der Waals surface area contributed by atoms with Crippen LogP contribution >= 0.6 is 15.9 Å². The molecule has 99 valence electrons. The van der Waals surface area contributed by atoms with Crippen LogP contribution in [0.15, 0.2) is 22.7 Å². The van der Waals surface area contributed by atoms with Gasteiger partial charge in [0.25, 0.3) is 0 Å². The van der Waals surface area contributed by atoms with Crippen molar-refractivity contribution in [2.45, 2.75) is 38.9 Å². The third kappa shape index (κ3) is 4.74. The van der Waals surface area contributed by atoms with E-state index in [9.17, 15) is 9.18 Å². The molecule has 3 nitrogen and oxygen atoms in total. The molecule has 0 saturated heterocycles. The maximum atomic E-state index is 13.2. The molecule has 0 saturated carbocycles. The number of carbonyl (C=O) groups is 1. The van der Waals surface area contributed by atoms with Gasteiger partial charge in [-0.2, -0.15) is 0 Å². The van der Waals surface area contributed by atoms with E-state index in [1.807, 2.05) is 20.8 Å². The van der Waals surface area contributed by atoms with Crippen LogP contribution in [0.5, 0.6) is 0 Å². The minimum Gasteiger partial charge on any atom is -0.367 e. The van der Waals surface area contributed by atoms with Crippen LogP contribution in [-0.4, -0.2) is 11.5 Å². The number of halogens is 2. The Morgan fingerprint density at radius 2 is 2.11 bits per heavy atom. The minimum absolute atomic E-state index is 0.0463. The Morgan fingerprint density at radius 1 is 1.50 bits per heavy atom. The maximum Gasteiger partial charge on any atom is 0.241 e. The molecule has 0 heterocycles. The molecule has 1 amide bonds. The molecule has 1 radical (unpaired) electrons. The van der Waals surface area contributed by atoms with Crippen molar-refractivity contribution in [3.8, 4) is 0 Å². The highest BCUT2D eigenvalue weighted by Gasteiger charge is 2.23. The first kappa shape index (κ1) is 15.1. The Kier molecular flexibility index (Phi) is 4.87. The lowest BCUT2D eigenvalue weighted by Gasteiger charge is -2.27. The van der Waals surface area contributed by atoms with Gasteiger partial charge in [0.1, 0.15) is 5.82 Å².